The maximum Gasteiger partial charge on any atom is 0.342 e. The third-order valence-corrected chi connectivity index (χ3v) is 2.84. The fourth-order valence-electron chi connectivity index (χ4n) is 1.68. The summed E-state index contributed by atoms with van der Waals surface area (Å²) >= 11 is 0. The molecule has 1 aromatic carbocycles. The first-order valence-corrected chi connectivity index (χ1v) is 6.73. The number of nitro groups is 1. The summed E-state index contributed by atoms with van der Waals surface area (Å²) in [6, 6.07) is 1.62. The molecule has 2 rings (SSSR count). The highest BCUT2D eigenvalue weighted by molar-refractivity contribution is 5.87. The van der Waals surface area contributed by atoms with Crippen LogP contribution in [0.3, 0.4) is 0 Å². The Bertz CT molecular complexity index is 994. The minimum atomic E-state index is -0.858. The lowest BCUT2D eigenvalue weighted by Crippen LogP contribution is -2.31. The maximum atomic E-state index is 11.6. The number of carbonyl (C=O) groups is 1. The van der Waals surface area contributed by atoms with Gasteiger partial charge >= 0.3 is 11.4 Å². The van der Waals surface area contributed by atoms with E-state index in [9.17, 15) is 34.7 Å². The van der Waals surface area contributed by atoms with E-state index in [2.05, 4.69) is 15.5 Å². The number of H-pyrrole nitrogens is 2. The van der Waals surface area contributed by atoms with Crippen molar-refractivity contribution in [2.45, 2.75) is 0 Å². The van der Waals surface area contributed by atoms with Crippen LogP contribution in [0.5, 0.6) is 11.5 Å². The number of hydrazone groups is 1. The van der Waals surface area contributed by atoms with Crippen LogP contribution in [-0.4, -0.2) is 49.0 Å². The summed E-state index contributed by atoms with van der Waals surface area (Å²) in [5.74, 6) is -2.23. The molecule has 0 saturated heterocycles. The third kappa shape index (κ3) is 4.40. The summed E-state index contributed by atoms with van der Waals surface area (Å²) in [5.41, 5.74) is -0.376. The predicted octanol–water partition coefficient (Wildman–Crippen LogP) is -1.66. The van der Waals surface area contributed by atoms with E-state index >= 15 is 0 Å². The Balaban J connectivity index is 1.98. The van der Waals surface area contributed by atoms with Crippen LogP contribution in [0.1, 0.15) is 5.56 Å². The van der Waals surface area contributed by atoms with Gasteiger partial charge in [0.1, 0.15) is 5.75 Å². The zero-order valence-corrected chi connectivity index (χ0v) is 12.7. The van der Waals surface area contributed by atoms with E-state index in [1.54, 1.807) is 0 Å². The topological polar surface area (TPSA) is 216 Å². The van der Waals surface area contributed by atoms with Crippen molar-refractivity contribution < 1.29 is 19.9 Å². The zero-order chi connectivity index (χ0) is 19.3. The number of carbonyl (C=O) groups excluding carboxylic acids is 1. The van der Waals surface area contributed by atoms with Crippen molar-refractivity contribution in [1.82, 2.24) is 20.6 Å². The molecule has 14 heteroatoms. The second-order valence-corrected chi connectivity index (χ2v) is 4.66. The van der Waals surface area contributed by atoms with Crippen LogP contribution < -0.4 is 22.0 Å². The number of benzene rings is 1. The number of aromatic hydroxyl groups is 2. The molecule has 0 aliphatic heterocycles. The molecule has 0 aliphatic rings. The Morgan fingerprint density at radius 1 is 1.35 bits per heavy atom. The van der Waals surface area contributed by atoms with E-state index in [0.717, 1.165) is 18.3 Å². The number of rotatable bonds is 6. The Kier molecular flexibility index (Phi) is 5.27. The predicted molar refractivity (Wildman–Crippen MR) is 86.1 cm³/mol. The molecule has 6 N–H and O–H groups in total. The average Bonchev–Trinajstić information content (AvgIpc) is 2.55. The van der Waals surface area contributed by atoms with E-state index < -0.39 is 45.8 Å². The van der Waals surface area contributed by atoms with Gasteiger partial charge in [0.2, 0.25) is 5.82 Å². The molecule has 1 aromatic heterocycles. The van der Waals surface area contributed by atoms with Crippen molar-refractivity contribution in [1.29, 1.82) is 0 Å². The number of phenols is 2. The fourth-order valence-corrected chi connectivity index (χ4v) is 1.68. The number of anilines is 1. The first-order valence-electron chi connectivity index (χ1n) is 6.73. The summed E-state index contributed by atoms with van der Waals surface area (Å²) < 4.78 is 0. The SMILES string of the molecule is O=C(CNc1n[nH]c(=O)[nH]c1=O)N/N=C/c1cc([N+](=O)[O-])c(O)cc1O. The minimum Gasteiger partial charge on any atom is -0.507 e. The zero-order valence-electron chi connectivity index (χ0n) is 12.7. The van der Waals surface area contributed by atoms with Crippen molar-refractivity contribution in [3.05, 3.63) is 48.6 Å². The van der Waals surface area contributed by atoms with Crippen molar-refractivity contribution in [3.63, 3.8) is 0 Å². The Morgan fingerprint density at radius 2 is 2.08 bits per heavy atom. The average molecular weight is 365 g/mol. The molecule has 0 aliphatic carbocycles. The second kappa shape index (κ2) is 7.56. The molecule has 0 fully saturated rings. The molecule has 0 atom stereocenters. The number of phenolic OH excluding ortho intramolecular Hbond substituents is 2. The Hall–Kier alpha value is -4.23. The highest BCUT2D eigenvalue weighted by atomic mass is 16.6. The van der Waals surface area contributed by atoms with Crippen LogP contribution in [0.4, 0.5) is 11.5 Å². The van der Waals surface area contributed by atoms with Gasteiger partial charge in [-0.3, -0.25) is 24.7 Å². The van der Waals surface area contributed by atoms with E-state index in [1.807, 2.05) is 15.5 Å². The van der Waals surface area contributed by atoms with Gasteiger partial charge in [-0.2, -0.15) is 5.10 Å². The van der Waals surface area contributed by atoms with E-state index in [4.69, 9.17) is 0 Å². The van der Waals surface area contributed by atoms with Gasteiger partial charge in [-0.25, -0.2) is 15.3 Å². The number of nitrogens with zero attached hydrogens (tertiary/aromatic N) is 3. The summed E-state index contributed by atoms with van der Waals surface area (Å²) in [6.45, 7) is -0.429. The van der Waals surface area contributed by atoms with E-state index in [0.29, 0.717) is 0 Å². The molecule has 14 nitrogen and oxygen atoms in total. The number of nitro benzene ring substituents is 1. The van der Waals surface area contributed by atoms with Gasteiger partial charge in [0, 0.05) is 17.7 Å². The van der Waals surface area contributed by atoms with Crippen LogP contribution in [0.15, 0.2) is 26.8 Å². The largest absolute Gasteiger partial charge is 0.507 e. The first-order chi connectivity index (χ1) is 12.3. The fraction of sp³-hybridized carbons (Fsp3) is 0.0833. The van der Waals surface area contributed by atoms with Crippen molar-refractivity contribution in [2.75, 3.05) is 11.9 Å². The molecule has 0 spiro atoms. The molecule has 1 heterocycles. The number of aromatic amines is 2. The molecule has 0 saturated carbocycles. The van der Waals surface area contributed by atoms with Crippen molar-refractivity contribution in [2.24, 2.45) is 5.10 Å². The van der Waals surface area contributed by atoms with E-state index in [-0.39, 0.29) is 11.4 Å². The minimum absolute atomic E-state index is 0.124. The van der Waals surface area contributed by atoms with Crippen LogP contribution in [0.2, 0.25) is 0 Å². The molecule has 0 radical (unpaired) electrons. The molecule has 26 heavy (non-hydrogen) atoms. The standard InChI is InChI=1S/C12H11N7O7/c20-7-2-8(21)6(19(25)26)1-5(7)3-14-16-9(22)4-13-10-11(23)15-12(24)18-17-10/h1-3,20-21H,4H2,(H,13,17)(H,16,22)(H2,15,18,23,24)/b14-3+. The molecular formula is C12H11N7O7. The maximum absolute atomic E-state index is 11.6. The summed E-state index contributed by atoms with van der Waals surface area (Å²) in [5, 5.41) is 40.8. The highest BCUT2D eigenvalue weighted by Gasteiger charge is 2.16. The van der Waals surface area contributed by atoms with Gasteiger partial charge in [0.25, 0.3) is 11.5 Å². The first kappa shape index (κ1) is 18.1. The van der Waals surface area contributed by atoms with Gasteiger partial charge < -0.3 is 15.5 Å². The molecule has 2 aromatic rings. The highest BCUT2D eigenvalue weighted by Crippen LogP contribution is 2.31. The van der Waals surface area contributed by atoms with E-state index in [1.165, 1.54) is 0 Å². The Labute approximate surface area is 142 Å². The normalized spacial score (nSPS) is 10.6. The molecular weight excluding hydrogens is 354 g/mol. The van der Waals surface area contributed by atoms with Gasteiger partial charge in [-0.1, -0.05) is 0 Å². The van der Waals surface area contributed by atoms with Gasteiger partial charge in [0.15, 0.2) is 5.75 Å². The lowest BCUT2D eigenvalue weighted by atomic mass is 10.2. The monoisotopic (exact) mass is 365 g/mol. The number of aromatic nitrogens is 3. The molecule has 0 unspecified atom stereocenters. The van der Waals surface area contributed by atoms with Gasteiger partial charge in [0.05, 0.1) is 17.7 Å². The Morgan fingerprint density at radius 3 is 2.73 bits per heavy atom. The second-order valence-electron chi connectivity index (χ2n) is 4.66. The van der Waals surface area contributed by atoms with Crippen LogP contribution >= 0.6 is 0 Å². The summed E-state index contributed by atoms with van der Waals surface area (Å²) in [6.07, 6.45) is 0.921. The number of amides is 1. The van der Waals surface area contributed by atoms with Crippen molar-refractivity contribution in [3.8, 4) is 11.5 Å². The number of hydrogen-bond donors (Lipinski definition) is 6. The molecule has 0 bridgehead atoms. The van der Waals surface area contributed by atoms with Gasteiger partial charge in [-0.15, -0.1) is 5.10 Å². The molecule has 136 valence electrons. The molecule has 1 amide bonds. The van der Waals surface area contributed by atoms with Crippen LogP contribution in [-0.2, 0) is 4.79 Å². The van der Waals surface area contributed by atoms with Crippen molar-refractivity contribution >= 4 is 23.6 Å². The number of nitrogens with one attached hydrogen (secondary N) is 4. The van der Waals surface area contributed by atoms with Crippen LogP contribution in [0.25, 0.3) is 0 Å². The smallest absolute Gasteiger partial charge is 0.342 e. The lowest BCUT2D eigenvalue weighted by molar-refractivity contribution is -0.385. The number of hydrogen-bond acceptors (Lipinski definition) is 10. The summed E-state index contributed by atoms with van der Waals surface area (Å²) in [4.78, 5) is 45.5. The third-order valence-electron chi connectivity index (χ3n) is 2.84. The van der Waals surface area contributed by atoms with Gasteiger partial charge in [-0.05, 0) is 0 Å². The lowest BCUT2D eigenvalue weighted by Gasteiger charge is -2.03. The van der Waals surface area contributed by atoms with Crippen LogP contribution in [0, 0.1) is 10.1 Å². The quantitative estimate of drug-likeness (QED) is 0.196. The summed E-state index contributed by atoms with van der Waals surface area (Å²) in [7, 11) is 0.